The van der Waals surface area contributed by atoms with E-state index in [1.807, 2.05) is 10.9 Å². The zero-order chi connectivity index (χ0) is 13.9. The quantitative estimate of drug-likeness (QED) is 0.904. The first kappa shape index (κ1) is 14.5. The fraction of sp³-hybridized carbons (Fsp3) is 0.800. The largest absolute Gasteiger partial charge is 0.312 e. The molecule has 0 radical (unpaired) electrons. The van der Waals surface area contributed by atoms with Gasteiger partial charge in [-0.15, -0.1) is 0 Å². The first-order valence-electron chi connectivity index (χ1n) is 7.38. The number of hydrogen-bond acceptors (Lipinski definition) is 3. The molecule has 2 rings (SSSR count). The van der Waals surface area contributed by atoms with Gasteiger partial charge in [0.25, 0.3) is 0 Å². The molecule has 0 aliphatic carbocycles. The fourth-order valence-corrected chi connectivity index (χ4v) is 2.68. The lowest BCUT2D eigenvalue weighted by atomic mass is 9.98. The van der Waals surface area contributed by atoms with Gasteiger partial charge in [0.1, 0.15) is 0 Å². The summed E-state index contributed by atoms with van der Waals surface area (Å²) in [7, 11) is 2.22. The van der Waals surface area contributed by atoms with Gasteiger partial charge in [-0.25, -0.2) is 0 Å². The third-order valence-corrected chi connectivity index (χ3v) is 3.81. The summed E-state index contributed by atoms with van der Waals surface area (Å²) in [5.41, 5.74) is 1.35. The highest BCUT2D eigenvalue weighted by atomic mass is 15.3. The highest BCUT2D eigenvalue weighted by molar-refractivity contribution is 5.04. The molecule has 0 aromatic carbocycles. The number of nitrogens with one attached hydrogen (secondary N) is 1. The highest BCUT2D eigenvalue weighted by Gasteiger charge is 2.17. The molecule has 2 heterocycles. The van der Waals surface area contributed by atoms with E-state index in [2.05, 4.69) is 49.3 Å². The van der Waals surface area contributed by atoms with Crippen LogP contribution in [0.5, 0.6) is 0 Å². The maximum atomic E-state index is 4.43. The van der Waals surface area contributed by atoms with Gasteiger partial charge in [-0.2, -0.15) is 5.10 Å². The summed E-state index contributed by atoms with van der Waals surface area (Å²) < 4.78 is 2.04. The topological polar surface area (TPSA) is 33.1 Å². The highest BCUT2D eigenvalue weighted by Crippen LogP contribution is 2.15. The van der Waals surface area contributed by atoms with Crippen molar-refractivity contribution in [3.8, 4) is 0 Å². The van der Waals surface area contributed by atoms with Gasteiger partial charge in [-0.3, -0.25) is 4.68 Å². The molecule has 0 bridgehead atoms. The number of rotatable bonds is 4. The fourth-order valence-electron chi connectivity index (χ4n) is 2.68. The van der Waals surface area contributed by atoms with Crippen molar-refractivity contribution >= 4 is 0 Å². The van der Waals surface area contributed by atoms with E-state index in [1.165, 1.54) is 31.5 Å². The van der Waals surface area contributed by atoms with Crippen molar-refractivity contribution in [2.45, 2.75) is 45.7 Å². The third kappa shape index (κ3) is 4.32. The molecule has 1 aliphatic rings. The maximum absolute atomic E-state index is 4.43. The van der Waals surface area contributed by atoms with Gasteiger partial charge >= 0.3 is 0 Å². The van der Waals surface area contributed by atoms with Crippen LogP contribution in [-0.4, -0.2) is 41.4 Å². The van der Waals surface area contributed by atoms with Gasteiger partial charge < -0.3 is 10.2 Å². The van der Waals surface area contributed by atoms with Gasteiger partial charge in [0.05, 0.1) is 11.7 Å². The summed E-state index contributed by atoms with van der Waals surface area (Å²) in [5, 5.41) is 8.01. The van der Waals surface area contributed by atoms with Gasteiger partial charge in [-0.1, -0.05) is 0 Å². The minimum absolute atomic E-state index is 0.0737. The average molecular weight is 264 g/mol. The molecule has 19 heavy (non-hydrogen) atoms. The zero-order valence-electron chi connectivity index (χ0n) is 12.8. The van der Waals surface area contributed by atoms with Crippen LogP contribution in [0.1, 0.15) is 39.2 Å². The first-order valence-corrected chi connectivity index (χ1v) is 7.38. The summed E-state index contributed by atoms with van der Waals surface area (Å²) in [4.78, 5) is 2.44. The lowest BCUT2D eigenvalue weighted by Crippen LogP contribution is -2.37. The maximum Gasteiger partial charge on any atom is 0.0543 e. The Kier molecular flexibility index (Phi) is 4.63. The Morgan fingerprint density at radius 3 is 2.84 bits per heavy atom. The molecule has 108 valence electrons. The van der Waals surface area contributed by atoms with Crippen molar-refractivity contribution in [1.29, 1.82) is 0 Å². The molecule has 0 amide bonds. The van der Waals surface area contributed by atoms with Crippen molar-refractivity contribution in [1.82, 2.24) is 20.0 Å². The molecule has 1 unspecified atom stereocenters. The van der Waals surface area contributed by atoms with Gasteiger partial charge in [0, 0.05) is 24.8 Å². The van der Waals surface area contributed by atoms with E-state index >= 15 is 0 Å². The monoisotopic (exact) mass is 264 g/mol. The number of hydrogen-bond donors (Lipinski definition) is 1. The average Bonchev–Trinajstić information content (AvgIpc) is 2.77. The van der Waals surface area contributed by atoms with Crippen molar-refractivity contribution in [2.24, 2.45) is 5.92 Å². The third-order valence-electron chi connectivity index (χ3n) is 3.81. The van der Waals surface area contributed by atoms with Gasteiger partial charge in [-0.05, 0) is 59.7 Å². The molecular weight excluding hydrogens is 236 g/mol. The van der Waals surface area contributed by atoms with E-state index in [9.17, 15) is 0 Å². The smallest absolute Gasteiger partial charge is 0.0543 e. The molecule has 1 atom stereocenters. The number of aromatic nitrogens is 2. The number of likely N-dealkylation sites (tertiary alicyclic amines) is 1. The summed E-state index contributed by atoms with van der Waals surface area (Å²) in [6.45, 7) is 11.1. The zero-order valence-corrected chi connectivity index (χ0v) is 12.8. The minimum atomic E-state index is 0.0737. The summed E-state index contributed by atoms with van der Waals surface area (Å²) in [6, 6.07) is 0. The molecule has 4 heteroatoms. The van der Waals surface area contributed by atoms with E-state index in [0.29, 0.717) is 0 Å². The lowest BCUT2D eigenvalue weighted by Gasteiger charge is -2.29. The van der Waals surface area contributed by atoms with Crippen LogP contribution < -0.4 is 5.32 Å². The van der Waals surface area contributed by atoms with Crippen molar-refractivity contribution < 1.29 is 0 Å². The van der Waals surface area contributed by atoms with Crippen molar-refractivity contribution in [3.63, 3.8) is 0 Å². The molecule has 1 aromatic rings. The van der Waals surface area contributed by atoms with Crippen LogP contribution in [0.3, 0.4) is 0 Å². The molecular formula is C15H28N4. The van der Waals surface area contributed by atoms with Gasteiger partial charge in [0.2, 0.25) is 0 Å². The SMILES string of the molecule is CN1CCCC(CNCc2cnn(C(C)(C)C)c2)C1. The van der Waals surface area contributed by atoms with E-state index < -0.39 is 0 Å². The molecule has 1 aromatic heterocycles. The second-order valence-electron chi connectivity index (χ2n) is 6.87. The van der Waals surface area contributed by atoms with E-state index in [4.69, 9.17) is 0 Å². The molecule has 0 saturated carbocycles. The normalized spacial score (nSPS) is 21.8. The van der Waals surface area contributed by atoms with Crippen LogP contribution in [-0.2, 0) is 12.1 Å². The molecule has 4 nitrogen and oxygen atoms in total. The van der Waals surface area contributed by atoms with Crippen LogP contribution in [0.2, 0.25) is 0 Å². The first-order chi connectivity index (χ1) is 8.95. The van der Waals surface area contributed by atoms with Crippen LogP contribution in [0.4, 0.5) is 0 Å². The molecule has 0 spiro atoms. The van der Waals surface area contributed by atoms with Crippen LogP contribution >= 0.6 is 0 Å². The Labute approximate surface area is 117 Å². The Morgan fingerprint density at radius 1 is 1.42 bits per heavy atom. The van der Waals surface area contributed by atoms with Crippen LogP contribution in [0.25, 0.3) is 0 Å². The minimum Gasteiger partial charge on any atom is -0.312 e. The Morgan fingerprint density at radius 2 is 2.21 bits per heavy atom. The van der Waals surface area contributed by atoms with E-state index in [1.54, 1.807) is 0 Å². The van der Waals surface area contributed by atoms with Crippen LogP contribution in [0, 0.1) is 5.92 Å². The predicted octanol–water partition coefficient (Wildman–Crippen LogP) is 2.07. The van der Waals surface area contributed by atoms with Crippen molar-refractivity contribution in [2.75, 3.05) is 26.7 Å². The Balaban J connectivity index is 1.75. The Hall–Kier alpha value is -0.870. The molecule has 1 aliphatic heterocycles. The molecule has 1 N–H and O–H groups in total. The summed E-state index contributed by atoms with van der Waals surface area (Å²) in [5.74, 6) is 0.802. The van der Waals surface area contributed by atoms with E-state index in [-0.39, 0.29) is 5.54 Å². The van der Waals surface area contributed by atoms with Gasteiger partial charge in [0.15, 0.2) is 0 Å². The summed E-state index contributed by atoms with van der Waals surface area (Å²) >= 11 is 0. The number of piperidine rings is 1. The van der Waals surface area contributed by atoms with Crippen molar-refractivity contribution in [3.05, 3.63) is 18.0 Å². The van der Waals surface area contributed by atoms with Crippen LogP contribution in [0.15, 0.2) is 12.4 Å². The van der Waals surface area contributed by atoms with E-state index in [0.717, 1.165) is 19.0 Å². The standard InChI is InChI=1S/C15H28N4/c1-15(2,3)19-12-14(10-17-19)9-16-8-13-6-5-7-18(4)11-13/h10,12-13,16H,5-9,11H2,1-4H3. The second kappa shape index (κ2) is 6.06. The predicted molar refractivity (Wildman–Crippen MR) is 79.2 cm³/mol. The second-order valence-corrected chi connectivity index (χ2v) is 6.87. The number of nitrogens with zero attached hydrogens (tertiary/aromatic N) is 3. The summed E-state index contributed by atoms with van der Waals surface area (Å²) in [6.07, 6.45) is 6.83. The molecule has 1 saturated heterocycles. The Bertz CT molecular complexity index is 391. The lowest BCUT2D eigenvalue weighted by molar-refractivity contribution is 0.206. The molecule has 1 fully saturated rings.